The van der Waals surface area contributed by atoms with E-state index in [4.69, 9.17) is 4.98 Å². The van der Waals surface area contributed by atoms with Gasteiger partial charge in [0.15, 0.2) is 0 Å². The molecule has 0 unspecified atom stereocenters. The Labute approximate surface area is 92.3 Å². The van der Waals surface area contributed by atoms with E-state index in [0.29, 0.717) is 5.92 Å². The predicted molar refractivity (Wildman–Crippen MR) is 64.6 cm³/mol. The molecule has 0 radical (unpaired) electrons. The van der Waals surface area contributed by atoms with Crippen molar-refractivity contribution in [3.8, 4) is 0 Å². The van der Waals surface area contributed by atoms with E-state index in [1.54, 1.807) is 0 Å². The molecule has 0 spiro atoms. The Hall–Kier alpha value is -1.05. The molecule has 2 nitrogen and oxygen atoms in total. The van der Waals surface area contributed by atoms with Crippen molar-refractivity contribution in [3.63, 3.8) is 0 Å². The van der Waals surface area contributed by atoms with Crippen LogP contribution in [0.2, 0.25) is 0 Å². The van der Waals surface area contributed by atoms with Gasteiger partial charge in [-0.3, -0.25) is 0 Å². The Balaban J connectivity index is 2.39. The fraction of sp³-hybridized carbons (Fsp3) is 0.615. The van der Waals surface area contributed by atoms with Gasteiger partial charge in [0.25, 0.3) is 0 Å². The maximum atomic E-state index is 4.78. The number of hydrogen-bond donors (Lipinski definition) is 0. The summed E-state index contributed by atoms with van der Waals surface area (Å²) in [5.41, 5.74) is 2.63. The number of anilines is 1. The molecule has 1 aromatic heterocycles. The monoisotopic (exact) mass is 204 g/mol. The van der Waals surface area contributed by atoms with Gasteiger partial charge in [0.1, 0.15) is 5.82 Å². The first-order valence-electron chi connectivity index (χ1n) is 5.77. The van der Waals surface area contributed by atoms with Crippen LogP contribution < -0.4 is 4.90 Å². The summed E-state index contributed by atoms with van der Waals surface area (Å²) >= 11 is 0. The van der Waals surface area contributed by atoms with E-state index in [9.17, 15) is 0 Å². The summed E-state index contributed by atoms with van der Waals surface area (Å²) in [7, 11) is 4.15. The van der Waals surface area contributed by atoms with Gasteiger partial charge in [-0.25, -0.2) is 4.98 Å². The molecular formula is C13H20N2. The molecule has 0 amide bonds. The van der Waals surface area contributed by atoms with Gasteiger partial charge in [-0.15, -0.1) is 0 Å². The third-order valence-corrected chi connectivity index (χ3v) is 2.97. The van der Waals surface area contributed by atoms with Crippen LogP contribution in [-0.2, 0) is 0 Å². The minimum atomic E-state index is 0.545. The number of nitrogens with zero attached hydrogens (tertiary/aromatic N) is 2. The zero-order chi connectivity index (χ0) is 11.0. The van der Waals surface area contributed by atoms with Crippen LogP contribution >= 0.6 is 0 Å². The third kappa shape index (κ3) is 2.14. The Morgan fingerprint density at radius 3 is 2.40 bits per heavy atom. The average molecular weight is 204 g/mol. The molecule has 0 bridgehead atoms. The maximum Gasteiger partial charge on any atom is 0.131 e. The molecule has 15 heavy (non-hydrogen) atoms. The highest BCUT2D eigenvalue weighted by Gasteiger charge is 2.26. The summed E-state index contributed by atoms with van der Waals surface area (Å²) in [6.07, 6.45) is 2.64. The summed E-state index contributed by atoms with van der Waals surface area (Å²) in [5, 5.41) is 0. The first-order chi connectivity index (χ1) is 7.09. The number of pyridine rings is 1. The maximum absolute atomic E-state index is 4.78. The summed E-state index contributed by atoms with van der Waals surface area (Å²) in [6.45, 7) is 4.45. The molecular weight excluding hydrogens is 184 g/mol. The normalized spacial score (nSPS) is 15.8. The van der Waals surface area contributed by atoms with Crippen molar-refractivity contribution < 1.29 is 0 Å². The standard InChI is InChI=1S/C13H20N2/c1-9(2)11-7-8-12(10-5-6-10)14-13(11)15(3)4/h7-10H,5-6H2,1-4H3. The smallest absolute Gasteiger partial charge is 0.131 e. The molecule has 1 aromatic rings. The predicted octanol–water partition coefficient (Wildman–Crippen LogP) is 3.15. The van der Waals surface area contributed by atoms with Crippen LogP contribution in [0.4, 0.5) is 5.82 Å². The van der Waals surface area contributed by atoms with Crippen LogP contribution in [0.5, 0.6) is 0 Å². The molecule has 1 saturated carbocycles. The van der Waals surface area contributed by atoms with Crippen molar-refractivity contribution >= 4 is 5.82 Å². The topological polar surface area (TPSA) is 16.1 Å². The summed E-state index contributed by atoms with van der Waals surface area (Å²) in [4.78, 5) is 6.91. The van der Waals surface area contributed by atoms with E-state index in [1.807, 2.05) is 0 Å². The van der Waals surface area contributed by atoms with E-state index in [1.165, 1.54) is 24.1 Å². The first-order valence-corrected chi connectivity index (χ1v) is 5.77. The molecule has 0 atom stereocenters. The largest absolute Gasteiger partial charge is 0.363 e. The van der Waals surface area contributed by atoms with Crippen molar-refractivity contribution in [2.45, 2.75) is 38.5 Å². The van der Waals surface area contributed by atoms with Gasteiger partial charge in [0, 0.05) is 25.7 Å². The average Bonchev–Trinajstić information content (AvgIpc) is 2.99. The van der Waals surface area contributed by atoms with E-state index in [2.05, 4.69) is 45.0 Å². The SMILES string of the molecule is CC(C)c1ccc(C2CC2)nc1N(C)C. The molecule has 82 valence electrons. The fourth-order valence-electron chi connectivity index (χ4n) is 1.89. The second-order valence-corrected chi connectivity index (χ2v) is 4.97. The highest BCUT2D eigenvalue weighted by atomic mass is 15.1. The lowest BCUT2D eigenvalue weighted by molar-refractivity contribution is 0.837. The molecule has 1 heterocycles. The van der Waals surface area contributed by atoms with Crippen LogP contribution in [0.3, 0.4) is 0 Å². The Bertz CT molecular complexity index is 352. The summed E-state index contributed by atoms with van der Waals surface area (Å²) < 4.78 is 0. The van der Waals surface area contributed by atoms with Gasteiger partial charge in [0.2, 0.25) is 0 Å². The molecule has 0 aliphatic heterocycles. The zero-order valence-electron chi connectivity index (χ0n) is 10.1. The summed E-state index contributed by atoms with van der Waals surface area (Å²) in [5.74, 6) is 2.43. The van der Waals surface area contributed by atoms with Gasteiger partial charge >= 0.3 is 0 Å². The van der Waals surface area contributed by atoms with E-state index in [-0.39, 0.29) is 0 Å². The van der Waals surface area contributed by atoms with Gasteiger partial charge in [0.05, 0.1) is 0 Å². The minimum absolute atomic E-state index is 0.545. The molecule has 1 aliphatic rings. The molecule has 1 fully saturated rings. The molecule has 0 saturated heterocycles. The Morgan fingerprint density at radius 1 is 1.27 bits per heavy atom. The minimum Gasteiger partial charge on any atom is -0.363 e. The van der Waals surface area contributed by atoms with E-state index < -0.39 is 0 Å². The number of rotatable bonds is 3. The van der Waals surface area contributed by atoms with Crippen LogP contribution in [0.15, 0.2) is 12.1 Å². The van der Waals surface area contributed by atoms with Gasteiger partial charge < -0.3 is 4.90 Å². The molecule has 0 N–H and O–H groups in total. The second kappa shape index (κ2) is 3.84. The van der Waals surface area contributed by atoms with Crippen LogP contribution in [0, 0.1) is 0 Å². The van der Waals surface area contributed by atoms with Crippen LogP contribution in [0.25, 0.3) is 0 Å². The van der Waals surface area contributed by atoms with E-state index in [0.717, 1.165) is 11.7 Å². The van der Waals surface area contributed by atoms with E-state index >= 15 is 0 Å². The van der Waals surface area contributed by atoms with Crippen molar-refractivity contribution in [1.29, 1.82) is 0 Å². The van der Waals surface area contributed by atoms with Crippen molar-refractivity contribution in [3.05, 3.63) is 23.4 Å². The highest BCUT2D eigenvalue weighted by molar-refractivity contribution is 5.48. The fourth-order valence-corrected chi connectivity index (χ4v) is 1.89. The van der Waals surface area contributed by atoms with Gasteiger partial charge in [-0.1, -0.05) is 19.9 Å². The molecule has 1 aliphatic carbocycles. The zero-order valence-corrected chi connectivity index (χ0v) is 10.1. The highest BCUT2D eigenvalue weighted by Crippen LogP contribution is 2.40. The Morgan fingerprint density at radius 2 is 1.93 bits per heavy atom. The van der Waals surface area contributed by atoms with Gasteiger partial charge in [-0.05, 0) is 30.4 Å². The third-order valence-electron chi connectivity index (χ3n) is 2.97. The lowest BCUT2D eigenvalue weighted by atomic mass is 10.0. The Kier molecular flexibility index (Phi) is 2.68. The van der Waals surface area contributed by atoms with Crippen LogP contribution in [-0.4, -0.2) is 19.1 Å². The number of aromatic nitrogens is 1. The van der Waals surface area contributed by atoms with Crippen LogP contribution in [0.1, 0.15) is 49.8 Å². The molecule has 0 aromatic carbocycles. The molecule has 2 heteroatoms. The second-order valence-electron chi connectivity index (χ2n) is 4.97. The van der Waals surface area contributed by atoms with Gasteiger partial charge in [-0.2, -0.15) is 0 Å². The molecule has 2 rings (SSSR count). The quantitative estimate of drug-likeness (QED) is 0.752. The van der Waals surface area contributed by atoms with Crippen molar-refractivity contribution in [2.75, 3.05) is 19.0 Å². The first kappa shape index (κ1) is 10.5. The van der Waals surface area contributed by atoms with Crippen molar-refractivity contribution in [1.82, 2.24) is 4.98 Å². The lowest BCUT2D eigenvalue weighted by Gasteiger charge is -2.19. The number of hydrogen-bond acceptors (Lipinski definition) is 2. The lowest BCUT2D eigenvalue weighted by Crippen LogP contribution is -2.14. The summed E-state index contributed by atoms with van der Waals surface area (Å²) in [6, 6.07) is 4.46. The van der Waals surface area contributed by atoms with Crippen molar-refractivity contribution in [2.24, 2.45) is 0 Å².